The first-order chi connectivity index (χ1) is 11.9. The van der Waals surface area contributed by atoms with Gasteiger partial charge in [0.1, 0.15) is 12.4 Å². The molecule has 2 aromatic rings. The van der Waals surface area contributed by atoms with Gasteiger partial charge in [-0.3, -0.25) is 9.59 Å². The lowest BCUT2D eigenvalue weighted by atomic mass is 10.0. The van der Waals surface area contributed by atoms with E-state index in [1.807, 2.05) is 25.1 Å². The molecule has 2 amide bonds. The maximum Gasteiger partial charge on any atom is 0.246 e. The van der Waals surface area contributed by atoms with Crippen LogP contribution in [0.3, 0.4) is 0 Å². The van der Waals surface area contributed by atoms with Crippen LogP contribution in [0.15, 0.2) is 46.9 Å². The number of amides is 2. The first-order valence-corrected chi connectivity index (χ1v) is 8.82. The maximum absolute atomic E-state index is 13.4. The molecule has 1 aliphatic rings. The second-order valence-electron chi connectivity index (χ2n) is 6.09. The predicted molar refractivity (Wildman–Crippen MR) is 97.9 cm³/mol. The molecule has 0 saturated carbocycles. The molecule has 0 aliphatic carbocycles. The third-order valence-corrected chi connectivity index (χ3v) is 4.84. The fourth-order valence-corrected chi connectivity index (χ4v) is 3.32. The molecular formula is C19H18BrFN2O2. The lowest BCUT2D eigenvalue weighted by Gasteiger charge is -2.34. The van der Waals surface area contributed by atoms with Crippen LogP contribution < -0.4 is 4.90 Å². The summed E-state index contributed by atoms with van der Waals surface area (Å²) in [6.45, 7) is 2.78. The van der Waals surface area contributed by atoms with Crippen molar-refractivity contribution in [3.05, 3.63) is 63.9 Å². The van der Waals surface area contributed by atoms with Gasteiger partial charge in [0.05, 0.1) is 6.42 Å². The largest absolute Gasteiger partial charge is 0.331 e. The Hall–Kier alpha value is -2.21. The predicted octanol–water partition coefficient (Wildman–Crippen LogP) is 3.31. The highest BCUT2D eigenvalue weighted by Gasteiger charge is 2.28. The molecule has 1 aliphatic heterocycles. The van der Waals surface area contributed by atoms with E-state index in [1.165, 1.54) is 17.0 Å². The summed E-state index contributed by atoms with van der Waals surface area (Å²) >= 11 is 3.42. The summed E-state index contributed by atoms with van der Waals surface area (Å²) < 4.78 is 14.3. The van der Waals surface area contributed by atoms with Gasteiger partial charge in [-0.05, 0) is 48.4 Å². The van der Waals surface area contributed by atoms with Gasteiger partial charge in [0.25, 0.3) is 0 Å². The summed E-state index contributed by atoms with van der Waals surface area (Å²) in [7, 11) is 0. The van der Waals surface area contributed by atoms with Crippen molar-refractivity contribution in [2.75, 3.05) is 24.5 Å². The molecule has 25 heavy (non-hydrogen) atoms. The van der Waals surface area contributed by atoms with Crippen molar-refractivity contribution in [1.82, 2.24) is 4.90 Å². The molecule has 4 nitrogen and oxygen atoms in total. The van der Waals surface area contributed by atoms with E-state index in [9.17, 15) is 14.0 Å². The number of carbonyl (C=O) groups is 2. The number of rotatable bonds is 3. The first kappa shape index (κ1) is 17.6. The summed E-state index contributed by atoms with van der Waals surface area (Å²) in [5.74, 6) is -0.654. The van der Waals surface area contributed by atoms with Gasteiger partial charge in [-0.25, -0.2) is 4.39 Å². The van der Waals surface area contributed by atoms with Crippen molar-refractivity contribution < 1.29 is 14.0 Å². The van der Waals surface area contributed by atoms with Crippen molar-refractivity contribution in [1.29, 1.82) is 0 Å². The number of halogens is 2. The summed E-state index contributed by atoms with van der Waals surface area (Å²) in [6.07, 6.45) is 0.262. The number of anilines is 1. The standard InChI is InChI=1S/C19H18BrFN2O2/c1-13-5-6-15(20)9-14(13)10-18(24)22-7-8-23(19(25)12-22)17-4-2-3-16(21)11-17/h2-6,9,11H,7-8,10,12H2,1H3. The average Bonchev–Trinajstić information content (AvgIpc) is 2.58. The Morgan fingerprint density at radius 1 is 1.20 bits per heavy atom. The number of carbonyl (C=O) groups excluding carboxylic acids is 2. The minimum atomic E-state index is -0.381. The van der Waals surface area contributed by atoms with Crippen molar-refractivity contribution >= 4 is 33.4 Å². The molecule has 130 valence electrons. The van der Waals surface area contributed by atoms with Crippen LogP contribution >= 0.6 is 15.9 Å². The van der Waals surface area contributed by atoms with Crippen LogP contribution in [0, 0.1) is 12.7 Å². The minimum Gasteiger partial charge on any atom is -0.331 e. The second-order valence-corrected chi connectivity index (χ2v) is 7.00. The molecule has 0 atom stereocenters. The molecule has 0 radical (unpaired) electrons. The molecule has 0 spiro atoms. The van der Waals surface area contributed by atoms with Crippen LogP contribution in [0.5, 0.6) is 0 Å². The van der Waals surface area contributed by atoms with E-state index in [4.69, 9.17) is 0 Å². The fourth-order valence-electron chi connectivity index (χ4n) is 2.91. The molecule has 0 aromatic heterocycles. The molecule has 6 heteroatoms. The second kappa shape index (κ2) is 7.35. The summed E-state index contributed by atoms with van der Waals surface area (Å²) in [5.41, 5.74) is 2.51. The van der Waals surface area contributed by atoms with E-state index in [0.717, 1.165) is 15.6 Å². The van der Waals surface area contributed by atoms with Crippen molar-refractivity contribution in [3.8, 4) is 0 Å². The fraction of sp³-hybridized carbons (Fsp3) is 0.263. The summed E-state index contributed by atoms with van der Waals surface area (Å²) in [4.78, 5) is 28.0. The smallest absolute Gasteiger partial charge is 0.246 e. The van der Waals surface area contributed by atoms with E-state index >= 15 is 0 Å². The zero-order chi connectivity index (χ0) is 18.0. The molecule has 0 bridgehead atoms. The zero-order valence-electron chi connectivity index (χ0n) is 13.8. The highest BCUT2D eigenvalue weighted by atomic mass is 79.9. The van der Waals surface area contributed by atoms with Crippen LogP contribution in [-0.2, 0) is 16.0 Å². The van der Waals surface area contributed by atoms with E-state index in [0.29, 0.717) is 18.8 Å². The number of hydrogen-bond donors (Lipinski definition) is 0. The third kappa shape index (κ3) is 4.07. The van der Waals surface area contributed by atoms with Crippen molar-refractivity contribution in [2.45, 2.75) is 13.3 Å². The topological polar surface area (TPSA) is 40.6 Å². The Kier molecular flexibility index (Phi) is 5.18. The van der Waals surface area contributed by atoms with Gasteiger partial charge in [0.2, 0.25) is 11.8 Å². The Bertz CT molecular complexity index is 825. The number of piperazine rings is 1. The van der Waals surface area contributed by atoms with Crippen LogP contribution in [0.4, 0.5) is 10.1 Å². The first-order valence-electron chi connectivity index (χ1n) is 8.03. The van der Waals surface area contributed by atoms with Crippen LogP contribution in [0.1, 0.15) is 11.1 Å². The lowest BCUT2D eigenvalue weighted by molar-refractivity contribution is -0.136. The summed E-state index contributed by atoms with van der Waals surface area (Å²) in [5, 5.41) is 0. The summed E-state index contributed by atoms with van der Waals surface area (Å²) in [6, 6.07) is 11.8. The van der Waals surface area contributed by atoms with Crippen molar-refractivity contribution in [2.24, 2.45) is 0 Å². The molecule has 1 heterocycles. The molecule has 2 aromatic carbocycles. The highest BCUT2D eigenvalue weighted by Crippen LogP contribution is 2.20. The Balaban J connectivity index is 1.67. The lowest BCUT2D eigenvalue weighted by Crippen LogP contribution is -2.52. The minimum absolute atomic E-state index is 0.0163. The third-order valence-electron chi connectivity index (χ3n) is 4.35. The molecule has 3 rings (SSSR count). The van der Waals surface area contributed by atoms with Crippen LogP contribution in [0.2, 0.25) is 0 Å². The SMILES string of the molecule is Cc1ccc(Br)cc1CC(=O)N1CCN(c2cccc(F)c2)C(=O)C1. The van der Waals surface area contributed by atoms with Gasteiger partial charge in [-0.2, -0.15) is 0 Å². The molecule has 1 saturated heterocycles. The zero-order valence-corrected chi connectivity index (χ0v) is 15.4. The van der Waals surface area contributed by atoms with Gasteiger partial charge in [0, 0.05) is 23.2 Å². The van der Waals surface area contributed by atoms with E-state index < -0.39 is 0 Å². The number of nitrogens with zero attached hydrogens (tertiary/aromatic N) is 2. The molecular weight excluding hydrogens is 387 g/mol. The highest BCUT2D eigenvalue weighted by molar-refractivity contribution is 9.10. The van der Waals surface area contributed by atoms with Gasteiger partial charge in [-0.15, -0.1) is 0 Å². The average molecular weight is 405 g/mol. The van der Waals surface area contributed by atoms with Crippen LogP contribution in [0.25, 0.3) is 0 Å². The van der Waals surface area contributed by atoms with Crippen LogP contribution in [-0.4, -0.2) is 36.3 Å². The Morgan fingerprint density at radius 3 is 2.72 bits per heavy atom. The normalized spacial score (nSPS) is 14.8. The van der Waals surface area contributed by atoms with E-state index in [1.54, 1.807) is 17.0 Å². The maximum atomic E-state index is 13.4. The van der Waals surface area contributed by atoms with E-state index in [2.05, 4.69) is 15.9 Å². The Labute approximate surface area is 154 Å². The number of benzene rings is 2. The Morgan fingerprint density at radius 2 is 2.00 bits per heavy atom. The van der Waals surface area contributed by atoms with Gasteiger partial charge in [0.15, 0.2) is 0 Å². The number of aryl methyl sites for hydroxylation is 1. The molecule has 0 N–H and O–H groups in total. The van der Waals surface area contributed by atoms with E-state index in [-0.39, 0.29) is 30.6 Å². The molecule has 1 fully saturated rings. The van der Waals surface area contributed by atoms with Gasteiger partial charge in [-0.1, -0.05) is 28.1 Å². The quantitative estimate of drug-likeness (QED) is 0.786. The van der Waals surface area contributed by atoms with Gasteiger partial charge >= 0.3 is 0 Å². The molecule has 0 unspecified atom stereocenters. The number of hydrogen-bond acceptors (Lipinski definition) is 2. The van der Waals surface area contributed by atoms with Crippen molar-refractivity contribution in [3.63, 3.8) is 0 Å². The monoisotopic (exact) mass is 404 g/mol. The van der Waals surface area contributed by atoms with Gasteiger partial charge < -0.3 is 9.80 Å².